The topological polar surface area (TPSA) is 66.6 Å². The van der Waals surface area contributed by atoms with E-state index >= 15 is 0 Å². The van der Waals surface area contributed by atoms with Crippen LogP contribution in [0, 0.1) is 6.92 Å². The Labute approximate surface area is 115 Å². The highest BCUT2D eigenvalue weighted by atomic mass is 32.1. The lowest BCUT2D eigenvalue weighted by atomic mass is 10.1. The van der Waals surface area contributed by atoms with Gasteiger partial charge in [-0.1, -0.05) is 0 Å². The van der Waals surface area contributed by atoms with E-state index in [0.29, 0.717) is 12.1 Å². The van der Waals surface area contributed by atoms with E-state index in [1.807, 2.05) is 24.4 Å². The van der Waals surface area contributed by atoms with Crippen molar-refractivity contribution < 1.29 is 14.3 Å². The second kappa shape index (κ2) is 5.99. The third-order valence-electron chi connectivity index (χ3n) is 3.07. The van der Waals surface area contributed by atoms with Gasteiger partial charge in [-0.15, -0.1) is 11.3 Å². The number of carboxylic acids is 1. The molecule has 0 bridgehead atoms. The minimum Gasteiger partial charge on any atom is -0.480 e. The standard InChI is InChI=1S/C13H16N2O3S/c1-9-11(19-8-14-9)3-5-15(2)12(13(16)17)10-4-6-18-7-10/h4,6-8,12H,3,5H2,1-2H3,(H,16,17)/t12-/m1/s1. The van der Waals surface area contributed by atoms with Gasteiger partial charge in [0, 0.05) is 17.0 Å². The van der Waals surface area contributed by atoms with E-state index in [9.17, 15) is 9.90 Å². The van der Waals surface area contributed by atoms with E-state index in [1.54, 1.807) is 17.4 Å². The van der Waals surface area contributed by atoms with Crippen molar-refractivity contribution in [1.29, 1.82) is 0 Å². The number of carbonyl (C=O) groups is 1. The molecule has 0 aliphatic rings. The zero-order valence-corrected chi connectivity index (χ0v) is 11.7. The van der Waals surface area contributed by atoms with Gasteiger partial charge in [-0.25, -0.2) is 4.98 Å². The van der Waals surface area contributed by atoms with E-state index in [1.165, 1.54) is 17.4 Å². The molecule has 0 aliphatic carbocycles. The molecule has 0 aliphatic heterocycles. The molecule has 2 aromatic rings. The zero-order valence-electron chi connectivity index (χ0n) is 10.9. The van der Waals surface area contributed by atoms with Crippen LogP contribution in [0.15, 0.2) is 28.5 Å². The van der Waals surface area contributed by atoms with Crippen molar-refractivity contribution in [3.63, 3.8) is 0 Å². The SMILES string of the molecule is Cc1ncsc1CCN(C)[C@@H](C(=O)O)c1ccoc1. The maximum Gasteiger partial charge on any atom is 0.325 e. The van der Waals surface area contributed by atoms with Crippen molar-refractivity contribution in [2.45, 2.75) is 19.4 Å². The highest BCUT2D eigenvalue weighted by Crippen LogP contribution is 2.21. The number of hydrogen-bond donors (Lipinski definition) is 1. The van der Waals surface area contributed by atoms with Crippen LogP contribution in [0.25, 0.3) is 0 Å². The molecule has 1 atom stereocenters. The average Bonchev–Trinajstić information content (AvgIpc) is 2.98. The number of rotatable bonds is 6. The fraction of sp³-hybridized carbons (Fsp3) is 0.385. The van der Waals surface area contributed by atoms with E-state index in [2.05, 4.69) is 4.98 Å². The maximum atomic E-state index is 11.4. The molecule has 6 heteroatoms. The number of likely N-dealkylation sites (N-methyl/N-ethyl adjacent to an activating group) is 1. The summed E-state index contributed by atoms with van der Waals surface area (Å²) in [7, 11) is 1.81. The quantitative estimate of drug-likeness (QED) is 0.879. The molecule has 2 aromatic heterocycles. The van der Waals surface area contributed by atoms with Gasteiger partial charge in [0.25, 0.3) is 0 Å². The normalized spacial score (nSPS) is 12.8. The maximum absolute atomic E-state index is 11.4. The summed E-state index contributed by atoms with van der Waals surface area (Å²) in [4.78, 5) is 18.6. The highest BCUT2D eigenvalue weighted by molar-refractivity contribution is 7.09. The summed E-state index contributed by atoms with van der Waals surface area (Å²) < 4.78 is 4.97. The van der Waals surface area contributed by atoms with Crippen LogP contribution in [0.2, 0.25) is 0 Å². The molecular formula is C13H16N2O3S. The molecule has 0 amide bonds. The molecule has 0 saturated carbocycles. The third kappa shape index (κ3) is 3.21. The van der Waals surface area contributed by atoms with Crippen LogP contribution in [0.5, 0.6) is 0 Å². The number of aliphatic carboxylic acids is 1. The molecule has 102 valence electrons. The Morgan fingerprint density at radius 3 is 2.95 bits per heavy atom. The van der Waals surface area contributed by atoms with Gasteiger partial charge in [0.15, 0.2) is 0 Å². The number of furan rings is 1. The second-order valence-electron chi connectivity index (χ2n) is 4.39. The fourth-order valence-corrected chi connectivity index (χ4v) is 2.76. The molecular weight excluding hydrogens is 264 g/mol. The Morgan fingerprint density at radius 2 is 2.42 bits per heavy atom. The Hall–Kier alpha value is -1.66. The van der Waals surface area contributed by atoms with Crippen molar-refractivity contribution in [1.82, 2.24) is 9.88 Å². The minimum atomic E-state index is -0.870. The zero-order chi connectivity index (χ0) is 13.8. The summed E-state index contributed by atoms with van der Waals surface area (Å²) in [6.45, 7) is 2.63. The number of aryl methyl sites for hydroxylation is 1. The summed E-state index contributed by atoms with van der Waals surface area (Å²) in [6, 6.07) is 1.01. The van der Waals surface area contributed by atoms with Crippen molar-refractivity contribution in [2.24, 2.45) is 0 Å². The molecule has 2 rings (SSSR count). The number of carboxylic acid groups (broad SMARTS) is 1. The van der Waals surface area contributed by atoms with Crippen LogP contribution in [0.4, 0.5) is 0 Å². The Balaban J connectivity index is 2.03. The van der Waals surface area contributed by atoms with Gasteiger partial charge in [0.2, 0.25) is 0 Å². The summed E-state index contributed by atoms with van der Waals surface area (Å²) in [5.74, 6) is -0.870. The van der Waals surface area contributed by atoms with E-state index in [0.717, 1.165) is 12.1 Å². The van der Waals surface area contributed by atoms with E-state index in [-0.39, 0.29) is 0 Å². The molecule has 0 saturated heterocycles. The van der Waals surface area contributed by atoms with Crippen LogP contribution < -0.4 is 0 Å². The van der Waals surface area contributed by atoms with Gasteiger partial charge in [-0.05, 0) is 26.5 Å². The average molecular weight is 280 g/mol. The van der Waals surface area contributed by atoms with Crippen molar-refractivity contribution in [3.05, 3.63) is 40.2 Å². The Kier molecular flexibility index (Phi) is 4.34. The lowest BCUT2D eigenvalue weighted by Gasteiger charge is -2.23. The molecule has 2 heterocycles. The predicted octanol–water partition coefficient (Wildman–Crippen LogP) is 2.34. The van der Waals surface area contributed by atoms with Gasteiger partial charge < -0.3 is 9.52 Å². The van der Waals surface area contributed by atoms with E-state index < -0.39 is 12.0 Å². The number of thiazole rings is 1. The number of nitrogens with zero attached hydrogens (tertiary/aromatic N) is 2. The molecule has 0 fully saturated rings. The fourth-order valence-electron chi connectivity index (χ4n) is 1.99. The van der Waals surface area contributed by atoms with Gasteiger partial charge in [0.05, 0.1) is 23.7 Å². The third-order valence-corrected chi connectivity index (χ3v) is 4.06. The lowest BCUT2D eigenvalue weighted by molar-refractivity contribution is -0.143. The van der Waals surface area contributed by atoms with Crippen LogP contribution in [0.3, 0.4) is 0 Å². The first-order chi connectivity index (χ1) is 9.09. The first kappa shape index (κ1) is 13.8. The molecule has 5 nitrogen and oxygen atoms in total. The van der Waals surface area contributed by atoms with Crippen molar-refractivity contribution in [3.8, 4) is 0 Å². The summed E-state index contributed by atoms with van der Waals surface area (Å²) in [5.41, 5.74) is 3.50. The largest absolute Gasteiger partial charge is 0.480 e. The molecule has 0 unspecified atom stereocenters. The Morgan fingerprint density at radius 1 is 1.63 bits per heavy atom. The first-order valence-electron chi connectivity index (χ1n) is 5.93. The minimum absolute atomic E-state index is 0.658. The second-order valence-corrected chi connectivity index (χ2v) is 5.33. The molecule has 1 N–H and O–H groups in total. The number of hydrogen-bond acceptors (Lipinski definition) is 5. The van der Waals surface area contributed by atoms with Crippen molar-refractivity contribution >= 4 is 17.3 Å². The number of aromatic nitrogens is 1. The predicted molar refractivity (Wildman–Crippen MR) is 72.3 cm³/mol. The first-order valence-corrected chi connectivity index (χ1v) is 6.81. The highest BCUT2D eigenvalue weighted by Gasteiger charge is 2.25. The van der Waals surface area contributed by atoms with Crippen LogP contribution in [-0.2, 0) is 11.2 Å². The van der Waals surface area contributed by atoms with Crippen molar-refractivity contribution in [2.75, 3.05) is 13.6 Å². The Bertz CT molecular complexity index is 536. The summed E-state index contributed by atoms with van der Waals surface area (Å²) in [6.07, 6.45) is 3.77. The molecule has 0 radical (unpaired) electrons. The molecule has 0 spiro atoms. The van der Waals surface area contributed by atoms with Crippen LogP contribution >= 0.6 is 11.3 Å². The molecule has 19 heavy (non-hydrogen) atoms. The van der Waals surface area contributed by atoms with Crippen LogP contribution in [-0.4, -0.2) is 34.6 Å². The van der Waals surface area contributed by atoms with Gasteiger partial charge in [0.1, 0.15) is 6.04 Å². The molecule has 0 aromatic carbocycles. The summed E-state index contributed by atoms with van der Waals surface area (Å²) in [5, 5.41) is 9.33. The van der Waals surface area contributed by atoms with Crippen LogP contribution in [0.1, 0.15) is 22.2 Å². The van der Waals surface area contributed by atoms with Gasteiger partial charge >= 0.3 is 5.97 Å². The van der Waals surface area contributed by atoms with Gasteiger partial charge in [-0.3, -0.25) is 9.69 Å². The monoisotopic (exact) mass is 280 g/mol. The van der Waals surface area contributed by atoms with Gasteiger partial charge in [-0.2, -0.15) is 0 Å². The smallest absolute Gasteiger partial charge is 0.325 e. The van der Waals surface area contributed by atoms with E-state index in [4.69, 9.17) is 4.42 Å². The summed E-state index contributed by atoms with van der Waals surface area (Å²) >= 11 is 1.61. The lowest BCUT2D eigenvalue weighted by Crippen LogP contribution is -2.32.